The molecule has 3 aromatic rings. The number of aromatic nitrogens is 4. The standard InChI is InChI=1S/C16H16F3N5S/c1-2-24-21-8-13(23-24)7-20-9-15-22-14(10-25-15)11-3-5-12(6-4-11)16(17,18)19/h3-6,8,10,20H,2,7,9H2,1H3. The van der Waals surface area contributed by atoms with E-state index in [4.69, 9.17) is 0 Å². The molecule has 0 radical (unpaired) electrons. The Hall–Kier alpha value is -2.26. The fourth-order valence-electron chi connectivity index (χ4n) is 2.22. The topological polar surface area (TPSA) is 55.6 Å². The van der Waals surface area contributed by atoms with Gasteiger partial charge in [-0.15, -0.1) is 11.3 Å². The lowest BCUT2D eigenvalue weighted by molar-refractivity contribution is -0.137. The molecule has 0 bridgehead atoms. The lowest BCUT2D eigenvalue weighted by atomic mass is 10.1. The summed E-state index contributed by atoms with van der Waals surface area (Å²) in [6.45, 7) is 3.83. The van der Waals surface area contributed by atoms with Crippen LogP contribution in [-0.4, -0.2) is 20.0 Å². The van der Waals surface area contributed by atoms with Crippen molar-refractivity contribution in [3.8, 4) is 11.3 Å². The van der Waals surface area contributed by atoms with Gasteiger partial charge in [0.1, 0.15) is 5.01 Å². The molecule has 2 aromatic heterocycles. The van der Waals surface area contributed by atoms with Gasteiger partial charge in [0.2, 0.25) is 0 Å². The van der Waals surface area contributed by atoms with Gasteiger partial charge in [-0.05, 0) is 19.1 Å². The van der Waals surface area contributed by atoms with Gasteiger partial charge in [0.25, 0.3) is 0 Å². The Labute approximate surface area is 146 Å². The normalized spacial score (nSPS) is 11.8. The van der Waals surface area contributed by atoms with Gasteiger partial charge in [0, 0.05) is 24.0 Å². The summed E-state index contributed by atoms with van der Waals surface area (Å²) in [5.74, 6) is 0. The van der Waals surface area contributed by atoms with E-state index in [1.54, 1.807) is 11.0 Å². The molecule has 0 fully saturated rings. The average Bonchev–Trinajstić information content (AvgIpc) is 3.23. The summed E-state index contributed by atoms with van der Waals surface area (Å²) in [4.78, 5) is 6.07. The van der Waals surface area contributed by atoms with Gasteiger partial charge in [-0.25, -0.2) is 4.98 Å². The maximum Gasteiger partial charge on any atom is 0.416 e. The fourth-order valence-corrected chi connectivity index (χ4v) is 2.99. The Morgan fingerprint density at radius 3 is 2.56 bits per heavy atom. The molecule has 0 saturated heterocycles. The van der Waals surface area contributed by atoms with Crippen LogP contribution in [0.3, 0.4) is 0 Å². The van der Waals surface area contributed by atoms with E-state index < -0.39 is 11.7 Å². The molecular weight excluding hydrogens is 351 g/mol. The van der Waals surface area contributed by atoms with Gasteiger partial charge >= 0.3 is 6.18 Å². The number of hydrogen-bond donors (Lipinski definition) is 1. The van der Waals surface area contributed by atoms with E-state index in [1.165, 1.54) is 23.5 Å². The van der Waals surface area contributed by atoms with Crippen molar-refractivity contribution < 1.29 is 13.2 Å². The summed E-state index contributed by atoms with van der Waals surface area (Å²) in [6.07, 6.45) is -2.61. The fraction of sp³-hybridized carbons (Fsp3) is 0.312. The summed E-state index contributed by atoms with van der Waals surface area (Å²) in [7, 11) is 0. The zero-order chi connectivity index (χ0) is 17.9. The number of benzene rings is 1. The van der Waals surface area contributed by atoms with Crippen LogP contribution in [0.15, 0.2) is 35.8 Å². The van der Waals surface area contributed by atoms with Crippen LogP contribution in [0.5, 0.6) is 0 Å². The number of rotatable bonds is 6. The Morgan fingerprint density at radius 1 is 1.16 bits per heavy atom. The molecule has 0 aliphatic carbocycles. The second kappa shape index (κ2) is 7.32. The van der Waals surface area contributed by atoms with Crippen molar-refractivity contribution in [1.29, 1.82) is 0 Å². The molecule has 1 aromatic carbocycles. The van der Waals surface area contributed by atoms with Crippen molar-refractivity contribution in [2.75, 3.05) is 0 Å². The highest BCUT2D eigenvalue weighted by Gasteiger charge is 2.30. The second-order valence-corrected chi connectivity index (χ2v) is 6.27. The van der Waals surface area contributed by atoms with Crippen LogP contribution in [0, 0.1) is 0 Å². The van der Waals surface area contributed by atoms with Crippen LogP contribution in [0.1, 0.15) is 23.2 Å². The van der Waals surface area contributed by atoms with Crippen molar-refractivity contribution in [2.24, 2.45) is 0 Å². The summed E-state index contributed by atoms with van der Waals surface area (Å²) in [5, 5.41) is 14.3. The molecule has 5 nitrogen and oxygen atoms in total. The van der Waals surface area contributed by atoms with Crippen LogP contribution < -0.4 is 5.32 Å². The van der Waals surface area contributed by atoms with Crippen LogP contribution in [0.4, 0.5) is 13.2 Å². The zero-order valence-corrected chi connectivity index (χ0v) is 14.2. The SMILES string of the molecule is CCn1ncc(CNCc2nc(-c3ccc(C(F)(F)F)cc3)cs2)n1. The third-order valence-corrected chi connectivity index (χ3v) is 4.36. The van der Waals surface area contributed by atoms with Crippen LogP contribution in [0.25, 0.3) is 11.3 Å². The predicted octanol–water partition coefficient (Wildman–Crippen LogP) is 3.73. The Bertz CT molecular complexity index is 823. The number of thiazole rings is 1. The molecule has 0 atom stereocenters. The molecule has 0 saturated carbocycles. The van der Waals surface area contributed by atoms with Crippen LogP contribution in [-0.2, 0) is 25.8 Å². The largest absolute Gasteiger partial charge is 0.416 e. The second-order valence-electron chi connectivity index (χ2n) is 5.33. The Morgan fingerprint density at radius 2 is 1.92 bits per heavy atom. The van der Waals surface area contributed by atoms with Crippen molar-refractivity contribution in [3.63, 3.8) is 0 Å². The van der Waals surface area contributed by atoms with E-state index in [9.17, 15) is 13.2 Å². The van der Waals surface area contributed by atoms with Gasteiger partial charge in [0.15, 0.2) is 0 Å². The highest BCUT2D eigenvalue weighted by atomic mass is 32.1. The number of halogens is 3. The first kappa shape index (κ1) is 17.6. The summed E-state index contributed by atoms with van der Waals surface area (Å²) >= 11 is 1.46. The molecule has 25 heavy (non-hydrogen) atoms. The van der Waals surface area contributed by atoms with Gasteiger partial charge in [-0.2, -0.15) is 28.2 Å². The molecule has 0 aliphatic heterocycles. The minimum absolute atomic E-state index is 0.560. The highest BCUT2D eigenvalue weighted by Crippen LogP contribution is 2.31. The smallest absolute Gasteiger partial charge is 0.305 e. The monoisotopic (exact) mass is 367 g/mol. The first-order valence-corrected chi connectivity index (χ1v) is 8.55. The minimum Gasteiger partial charge on any atom is -0.305 e. The zero-order valence-electron chi connectivity index (χ0n) is 13.4. The van der Waals surface area contributed by atoms with E-state index in [-0.39, 0.29) is 0 Å². The minimum atomic E-state index is -4.32. The highest BCUT2D eigenvalue weighted by molar-refractivity contribution is 7.09. The number of aryl methyl sites for hydroxylation is 1. The third kappa shape index (κ3) is 4.43. The third-order valence-electron chi connectivity index (χ3n) is 3.51. The quantitative estimate of drug-likeness (QED) is 0.721. The lowest BCUT2D eigenvalue weighted by Gasteiger charge is -2.06. The molecule has 0 amide bonds. The molecule has 0 unspecified atom stereocenters. The van der Waals surface area contributed by atoms with Crippen molar-refractivity contribution in [3.05, 3.63) is 52.1 Å². The molecule has 1 N–H and O–H groups in total. The van der Waals surface area contributed by atoms with E-state index in [0.29, 0.717) is 24.3 Å². The lowest BCUT2D eigenvalue weighted by Crippen LogP contribution is -2.13. The van der Waals surface area contributed by atoms with E-state index in [2.05, 4.69) is 20.5 Å². The molecule has 3 rings (SSSR count). The van der Waals surface area contributed by atoms with Crippen molar-refractivity contribution in [1.82, 2.24) is 25.3 Å². The maximum atomic E-state index is 12.6. The van der Waals surface area contributed by atoms with Gasteiger partial charge in [-0.1, -0.05) is 12.1 Å². The maximum absolute atomic E-state index is 12.6. The summed E-state index contributed by atoms with van der Waals surface area (Å²) in [5.41, 5.74) is 1.53. The van der Waals surface area contributed by atoms with Gasteiger partial charge in [-0.3, -0.25) is 0 Å². The van der Waals surface area contributed by atoms with Crippen molar-refractivity contribution >= 4 is 11.3 Å². The Balaban J connectivity index is 1.58. The molecule has 9 heteroatoms. The van der Waals surface area contributed by atoms with Crippen LogP contribution >= 0.6 is 11.3 Å². The number of hydrogen-bond acceptors (Lipinski definition) is 5. The van der Waals surface area contributed by atoms with E-state index in [0.717, 1.165) is 29.4 Å². The Kier molecular flexibility index (Phi) is 5.14. The summed E-state index contributed by atoms with van der Waals surface area (Å²) in [6, 6.07) is 5.03. The first-order valence-electron chi connectivity index (χ1n) is 7.67. The van der Waals surface area contributed by atoms with E-state index in [1.807, 2.05) is 12.3 Å². The molecule has 0 spiro atoms. The van der Waals surface area contributed by atoms with Crippen LogP contribution in [0.2, 0.25) is 0 Å². The number of nitrogens with zero attached hydrogens (tertiary/aromatic N) is 4. The van der Waals surface area contributed by atoms with E-state index >= 15 is 0 Å². The summed E-state index contributed by atoms with van der Waals surface area (Å²) < 4.78 is 37.8. The number of alkyl halides is 3. The first-order chi connectivity index (χ1) is 12.0. The molecule has 0 aliphatic rings. The molecule has 2 heterocycles. The van der Waals surface area contributed by atoms with Gasteiger partial charge < -0.3 is 5.32 Å². The molecule has 132 valence electrons. The van der Waals surface area contributed by atoms with Gasteiger partial charge in [0.05, 0.1) is 29.7 Å². The van der Waals surface area contributed by atoms with Crippen molar-refractivity contribution in [2.45, 2.75) is 32.7 Å². The number of nitrogens with one attached hydrogen (secondary N) is 1. The average molecular weight is 367 g/mol. The molecular formula is C16H16F3N5S. The predicted molar refractivity (Wildman–Crippen MR) is 88.8 cm³/mol.